The lowest BCUT2D eigenvalue weighted by atomic mass is 9.90. The van der Waals surface area contributed by atoms with E-state index in [-0.39, 0.29) is 0 Å². The highest BCUT2D eigenvalue weighted by molar-refractivity contribution is 9.09. The number of halogens is 1. The van der Waals surface area contributed by atoms with Crippen molar-refractivity contribution < 1.29 is 0 Å². The van der Waals surface area contributed by atoms with Gasteiger partial charge in [-0.05, 0) is 45.9 Å². The summed E-state index contributed by atoms with van der Waals surface area (Å²) in [5.41, 5.74) is 1.52. The molecule has 4 rings (SSSR count). The van der Waals surface area contributed by atoms with E-state index >= 15 is 0 Å². The normalized spacial score (nSPS) is 22.6. The fourth-order valence-electron chi connectivity index (χ4n) is 3.65. The van der Waals surface area contributed by atoms with Crippen LogP contribution in [0.1, 0.15) is 30.7 Å². The van der Waals surface area contributed by atoms with Crippen molar-refractivity contribution in [3.8, 4) is 0 Å². The van der Waals surface area contributed by atoms with E-state index in [2.05, 4.69) is 70.5 Å². The quantitative estimate of drug-likeness (QED) is 0.379. The standard InChI is InChI=1S/C19H17Br/c20-19-10-4-9-18(19)16-8-3-7-15-14-6-2-1-5-13(14)11-12-17(15)16/h1-3,5-8,11-12,18-19H,4,9-10H2. The Hall–Kier alpha value is -1.34. The summed E-state index contributed by atoms with van der Waals surface area (Å²) < 4.78 is 0. The minimum atomic E-state index is 0.638. The Morgan fingerprint density at radius 2 is 1.60 bits per heavy atom. The fourth-order valence-corrected chi connectivity index (χ4v) is 4.53. The van der Waals surface area contributed by atoms with Crippen molar-refractivity contribution >= 4 is 37.5 Å². The zero-order chi connectivity index (χ0) is 13.5. The van der Waals surface area contributed by atoms with Crippen molar-refractivity contribution in [1.82, 2.24) is 0 Å². The summed E-state index contributed by atoms with van der Waals surface area (Å²) >= 11 is 3.88. The Labute approximate surface area is 127 Å². The van der Waals surface area contributed by atoms with Gasteiger partial charge in [0.15, 0.2) is 0 Å². The Morgan fingerprint density at radius 3 is 2.45 bits per heavy atom. The van der Waals surface area contributed by atoms with Gasteiger partial charge in [-0.2, -0.15) is 0 Å². The van der Waals surface area contributed by atoms with Crippen LogP contribution in [-0.2, 0) is 0 Å². The highest BCUT2D eigenvalue weighted by atomic mass is 79.9. The lowest BCUT2D eigenvalue weighted by Gasteiger charge is -2.17. The maximum absolute atomic E-state index is 3.88. The summed E-state index contributed by atoms with van der Waals surface area (Å²) in [5.74, 6) is 0.667. The lowest BCUT2D eigenvalue weighted by Crippen LogP contribution is -2.04. The van der Waals surface area contributed by atoms with E-state index in [0.717, 1.165) is 0 Å². The second-order valence-corrected chi connectivity index (χ2v) is 6.96. The zero-order valence-corrected chi connectivity index (χ0v) is 12.9. The van der Waals surface area contributed by atoms with E-state index in [9.17, 15) is 0 Å². The molecule has 2 unspecified atom stereocenters. The van der Waals surface area contributed by atoms with E-state index in [4.69, 9.17) is 0 Å². The average molecular weight is 325 g/mol. The molecule has 3 aromatic carbocycles. The van der Waals surface area contributed by atoms with E-state index in [1.165, 1.54) is 46.4 Å². The van der Waals surface area contributed by atoms with Gasteiger partial charge in [0.1, 0.15) is 0 Å². The molecule has 0 saturated heterocycles. The molecule has 0 nitrogen and oxygen atoms in total. The monoisotopic (exact) mass is 324 g/mol. The molecular weight excluding hydrogens is 308 g/mol. The first-order valence-electron chi connectivity index (χ1n) is 7.39. The van der Waals surface area contributed by atoms with E-state index in [1.807, 2.05) is 0 Å². The van der Waals surface area contributed by atoms with Crippen LogP contribution in [0.4, 0.5) is 0 Å². The third-order valence-electron chi connectivity index (χ3n) is 4.65. The fraction of sp³-hybridized carbons (Fsp3) is 0.263. The Morgan fingerprint density at radius 1 is 0.750 bits per heavy atom. The van der Waals surface area contributed by atoms with Crippen LogP contribution in [0, 0.1) is 0 Å². The number of rotatable bonds is 1. The van der Waals surface area contributed by atoms with Gasteiger partial charge < -0.3 is 0 Å². The van der Waals surface area contributed by atoms with Crippen molar-refractivity contribution in [2.75, 3.05) is 0 Å². The van der Waals surface area contributed by atoms with Crippen molar-refractivity contribution in [2.24, 2.45) is 0 Å². The maximum Gasteiger partial charge on any atom is 0.0214 e. The predicted molar refractivity (Wildman–Crippen MR) is 90.8 cm³/mol. The van der Waals surface area contributed by atoms with Gasteiger partial charge in [-0.3, -0.25) is 0 Å². The number of hydrogen-bond donors (Lipinski definition) is 0. The van der Waals surface area contributed by atoms with Gasteiger partial charge in [0.2, 0.25) is 0 Å². The molecule has 20 heavy (non-hydrogen) atoms. The molecule has 0 spiro atoms. The molecule has 0 aromatic heterocycles. The predicted octanol–water partition coefficient (Wildman–Crippen LogP) is 6.02. The van der Waals surface area contributed by atoms with Crippen LogP contribution in [0.2, 0.25) is 0 Å². The van der Waals surface area contributed by atoms with E-state index in [0.29, 0.717) is 10.7 Å². The maximum atomic E-state index is 3.88. The number of alkyl halides is 1. The van der Waals surface area contributed by atoms with E-state index in [1.54, 1.807) is 0 Å². The van der Waals surface area contributed by atoms with Gasteiger partial charge in [0.25, 0.3) is 0 Å². The van der Waals surface area contributed by atoms with Crippen LogP contribution < -0.4 is 0 Å². The Bertz CT molecular complexity index is 775. The third-order valence-corrected chi connectivity index (χ3v) is 5.75. The average Bonchev–Trinajstić information content (AvgIpc) is 2.92. The van der Waals surface area contributed by atoms with Crippen molar-refractivity contribution in [3.05, 3.63) is 60.2 Å². The van der Waals surface area contributed by atoms with Gasteiger partial charge in [0.05, 0.1) is 0 Å². The Balaban J connectivity index is 2.01. The SMILES string of the molecule is BrC1CCCC1c1cccc2c1ccc1ccccc12. The topological polar surface area (TPSA) is 0 Å². The lowest BCUT2D eigenvalue weighted by molar-refractivity contribution is 0.749. The van der Waals surface area contributed by atoms with Crippen molar-refractivity contribution in [2.45, 2.75) is 30.0 Å². The van der Waals surface area contributed by atoms with Crippen molar-refractivity contribution in [1.29, 1.82) is 0 Å². The summed E-state index contributed by atoms with van der Waals surface area (Å²) in [6.45, 7) is 0. The van der Waals surface area contributed by atoms with Gasteiger partial charge >= 0.3 is 0 Å². The second kappa shape index (κ2) is 4.89. The molecule has 3 aromatic rings. The van der Waals surface area contributed by atoms with Gasteiger partial charge in [0, 0.05) is 4.83 Å². The molecule has 0 aliphatic heterocycles. The van der Waals surface area contributed by atoms with Gasteiger partial charge in [-0.15, -0.1) is 0 Å². The first kappa shape index (κ1) is 12.4. The summed E-state index contributed by atoms with van der Waals surface area (Å²) in [6.07, 6.45) is 3.95. The van der Waals surface area contributed by atoms with Crippen LogP contribution in [0.5, 0.6) is 0 Å². The molecule has 1 heteroatoms. The second-order valence-electron chi connectivity index (χ2n) is 5.78. The molecule has 0 bridgehead atoms. The molecule has 0 amide bonds. The molecule has 0 heterocycles. The first-order chi connectivity index (χ1) is 9.84. The smallest absolute Gasteiger partial charge is 0.0214 e. The number of hydrogen-bond acceptors (Lipinski definition) is 0. The summed E-state index contributed by atoms with van der Waals surface area (Å²) in [5, 5.41) is 5.53. The van der Waals surface area contributed by atoms with Gasteiger partial charge in [-0.25, -0.2) is 0 Å². The van der Waals surface area contributed by atoms with E-state index < -0.39 is 0 Å². The summed E-state index contributed by atoms with van der Waals surface area (Å²) in [6, 6.07) is 20.1. The molecule has 0 radical (unpaired) electrons. The minimum Gasteiger partial charge on any atom is -0.0884 e. The third kappa shape index (κ3) is 1.88. The molecular formula is C19H17Br. The summed E-state index contributed by atoms with van der Waals surface area (Å²) in [7, 11) is 0. The Kier molecular flexibility index (Phi) is 3.03. The molecule has 1 aliphatic rings. The highest BCUT2D eigenvalue weighted by Crippen LogP contribution is 2.42. The minimum absolute atomic E-state index is 0.638. The van der Waals surface area contributed by atoms with Crippen LogP contribution in [0.3, 0.4) is 0 Å². The van der Waals surface area contributed by atoms with Crippen LogP contribution in [0.15, 0.2) is 54.6 Å². The van der Waals surface area contributed by atoms with Crippen LogP contribution in [-0.4, -0.2) is 4.83 Å². The van der Waals surface area contributed by atoms with Crippen molar-refractivity contribution in [3.63, 3.8) is 0 Å². The van der Waals surface area contributed by atoms with Crippen LogP contribution in [0.25, 0.3) is 21.5 Å². The largest absolute Gasteiger partial charge is 0.0884 e. The molecule has 100 valence electrons. The number of fused-ring (bicyclic) bond motifs is 3. The first-order valence-corrected chi connectivity index (χ1v) is 8.30. The number of benzene rings is 3. The molecule has 1 fully saturated rings. The van der Waals surface area contributed by atoms with Crippen LogP contribution >= 0.6 is 15.9 Å². The molecule has 1 aliphatic carbocycles. The molecule has 0 N–H and O–H groups in total. The molecule has 2 atom stereocenters. The zero-order valence-electron chi connectivity index (χ0n) is 11.4. The van der Waals surface area contributed by atoms with Gasteiger partial charge in [-0.1, -0.05) is 76.9 Å². The highest BCUT2D eigenvalue weighted by Gasteiger charge is 2.27. The summed E-state index contributed by atoms with van der Waals surface area (Å²) in [4.78, 5) is 0.638. The molecule has 1 saturated carbocycles.